The lowest BCUT2D eigenvalue weighted by atomic mass is 9.84. The summed E-state index contributed by atoms with van der Waals surface area (Å²) in [5.74, 6) is 0.694. The Balaban J connectivity index is 0.00000272. The Labute approximate surface area is 201 Å². The Bertz CT molecular complexity index is 911. The van der Waals surface area contributed by atoms with Crippen LogP contribution >= 0.6 is 39.7 Å². The summed E-state index contributed by atoms with van der Waals surface area (Å²) in [6.07, 6.45) is 5.55. The van der Waals surface area contributed by atoms with Crippen molar-refractivity contribution in [1.82, 2.24) is 4.90 Å². The van der Waals surface area contributed by atoms with Crippen LogP contribution in [0.25, 0.3) is 0 Å². The van der Waals surface area contributed by atoms with E-state index in [-0.39, 0.29) is 42.1 Å². The van der Waals surface area contributed by atoms with Gasteiger partial charge < -0.3 is 15.4 Å². The Morgan fingerprint density at radius 1 is 1.32 bits per heavy atom. The molecule has 0 aliphatic carbocycles. The van der Waals surface area contributed by atoms with Crippen LogP contribution in [-0.4, -0.2) is 29.5 Å². The summed E-state index contributed by atoms with van der Waals surface area (Å²) < 4.78 is 21.3. The van der Waals surface area contributed by atoms with E-state index < -0.39 is 0 Å². The molecule has 1 aromatic carbocycles. The maximum atomic E-state index is 14.5. The number of benzene rings is 1. The van der Waals surface area contributed by atoms with E-state index in [1.54, 1.807) is 6.07 Å². The first kappa shape index (κ1) is 24.5. The monoisotopic (exact) mass is 530 g/mol. The van der Waals surface area contributed by atoms with Gasteiger partial charge in [-0.2, -0.15) is 0 Å². The van der Waals surface area contributed by atoms with Gasteiger partial charge in [0.05, 0.1) is 11.1 Å². The molecule has 2 aliphatic rings. The molecule has 2 bridgehead atoms. The molecule has 2 saturated heterocycles. The van der Waals surface area contributed by atoms with Gasteiger partial charge in [-0.05, 0) is 71.1 Å². The average Bonchev–Trinajstić information content (AvgIpc) is 3.24. The Kier molecular flexibility index (Phi) is 8.41. The fourth-order valence-electron chi connectivity index (χ4n) is 4.84. The Morgan fingerprint density at radius 3 is 2.68 bits per heavy atom. The third-order valence-corrected chi connectivity index (χ3v) is 8.19. The van der Waals surface area contributed by atoms with Gasteiger partial charge in [-0.15, -0.1) is 23.7 Å². The molecule has 0 saturated carbocycles. The number of thiophene rings is 1. The summed E-state index contributed by atoms with van der Waals surface area (Å²) in [6.45, 7) is 3.13. The molecular formula is C23H29BrClFN2O2S. The van der Waals surface area contributed by atoms with E-state index in [1.807, 2.05) is 16.3 Å². The van der Waals surface area contributed by atoms with Crippen molar-refractivity contribution in [2.75, 3.05) is 6.61 Å². The number of nitrogens with zero attached hydrogens (tertiary/aromatic N) is 1. The van der Waals surface area contributed by atoms with Crippen LogP contribution in [-0.2, 0) is 6.54 Å². The van der Waals surface area contributed by atoms with Crippen molar-refractivity contribution in [2.24, 2.45) is 5.73 Å². The minimum absolute atomic E-state index is 0. The normalized spacial score (nSPS) is 22.3. The van der Waals surface area contributed by atoms with Crippen LogP contribution in [0.2, 0.25) is 0 Å². The number of carbonyl (C=O) groups excluding carboxylic acids is 1. The third-order valence-electron chi connectivity index (χ3n) is 6.35. The van der Waals surface area contributed by atoms with Crippen molar-refractivity contribution in [3.63, 3.8) is 0 Å². The van der Waals surface area contributed by atoms with Gasteiger partial charge in [0.1, 0.15) is 10.7 Å². The molecule has 1 aromatic heterocycles. The van der Waals surface area contributed by atoms with Gasteiger partial charge in [0.2, 0.25) is 0 Å². The van der Waals surface area contributed by atoms with Gasteiger partial charge in [0, 0.05) is 24.0 Å². The topological polar surface area (TPSA) is 55.6 Å². The number of hydrogen-bond donors (Lipinski definition) is 1. The zero-order valence-electron chi connectivity index (χ0n) is 17.6. The smallest absolute Gasteiger partial charge is 0.268 e. The second kappa shape index (κ2) is 10.6. The van der Waals surface area contributed by atoms with Gasteiger partial charge in [-0.3, -0.25) is 4.79 Å². The number of nitrogens with two attached hydrogens (primary N) is 1. The molecule has 0 radical (unpaired) electrons. The summed E-state index contributed by atoms with van der Waals surface area (Å²) in [5, 5.41) is 1.93. The lowest BCUT2D eigenvalue weighted by Gasteiger charge is -2.39. The van der Waals surface area contributed by atoms with Crippen LogP contribution in [0.5, 0.6) is 5.75 Å². The lowest BCUT2D eigenvalue weighted by Crippen LogP contribution is -2.46. The third kappa shape index (κ3) is 4.95. The van der Waals surface area contributed by atoms with Crippen LogP contribution in [0.15, 0.2) is 28.1 Å². The SMILES string of the molecule is CCCCOc1c(Br)csc1C(=O)N1C2CCC1CC(c1cc(CN)ccc1F)C2.Cl. The van der Waals surface area contributed by atoms with Crippen LogP contribution in [0.3, 0.4) is 0 Å². The van der Waals surface area contributed by atoms with Crippen molar-refractivity contribution >= 4 is 45.6 Å². The summed E-state index contributed by atoms with van der Waals surface area (Å²) in [5.41, 5.74) is 7.47. The summed E-state index contributed by atoms with van der Waals surface area (Å²) in [4.78, 5) is 16.2. The fourth-order valence-corrected chi connectivity index (χ4v) is 6.37. The molecule has 4 rings (SSSR count). The van der Waals surface area contributed by atoms with Gasteiger partial charge in [0.15, 0.2) is 5.75 Å². The number of rotatable bonds is 7. The van der Waals surface area contributed by atoms with E-state index in [0.29, 0.717) is 23.8 Å². The summed E-state index contributed by atoms with van der Waals surface area (Å²) in [6, 6.07) is 5.48. The number of amides is 1. The predicted molar refractivity (Wildman–Crippen MR) is 129 cm³/mol. The molecule has 2 unspecified atom stereocenters. The lowest BCUT2D eigenvalue weighted by molar-refractivity contribution is 0.0571. The number of carbonyl (C=O) groups is 1. The molecule has 2 aromatic rings. The highest BCUT2D eigenvalue weighted by molar-refractivity contribution is 9.10. The number of halogens is 3. The van der Waals surface area contributed by atoms with E-state index in [2.05, 4.69) is 22.9 Å². The minimum Gasteiger partial charge on any atom is -0.491 e. The van der Waals surface area contributed by atoms with E-state index >= 15 is 0 Å². The molecule has 8 heteroatoms. The van der Waals surface area contributed by atoms with Crippen LogP contribution in [0, 0.1) is 5.82 Å². The van der Waals surface area contributed by atoms with Crippen molar-refractivity contribution in [3.8, 4) is 5.75 Å². The zero-order valence-corrected chi connectivity index (χ0v) is 20.8. The largest absolute Gasteiger partial charge is 0.491 e. The van der Waals surface area contributed by atoms with Crippen LogP contribution in [0.4, 0.5) is 4.39 Å². The van der Waals surface area contributed by atoms with E-state index in [1.165, 1.54) is 17.4 Å². The van der Waals surface area contributed by atoms with E-state index in [9.17, 15) is 9.18 Å². The molecule has 2 N–H and O–H groups in total. The van der Waals surface area contributed by atoms with Crippen molar-refractivity contribution in [3.05, 3.63) is 49.9 Å². The fraction of sp³-hybridized carbons (Fsp3) is 0.522. The van der Waals surface area contributed by atoms with Gasteiger partial charge in [-0.1, -0.05) is 25.5 Å². The molecule has 1 amide bonds. The summed E-state index contributed by atoms with van der Waals surface area (Å²) in [7, 11) is 0. The first-order chi connectivity index (χ1) is 14.5. The molecule has 2 fully saturated rings. The molecular weight excluding hydrogens is 503 g/mol. The first-order valence-corrected chi connectivity index (χ1v) is 12.4. The zero-order chi connectivity index (χ0) is 21.3. The molecule has 2 atom stereocenters. The van der Waals surface area contributed by atoms with Crippen molar-refractivity contribution in [2.45, 2.75) is 70.0 Å². The highest BCUT2D eigenvalue weighted by Gasteiger charge is 2.45. The second-order valence-electron chi connectivity index (χ2n) is 8.27. The van der Waals surface area contributed by atoms with Crippen LogP contribution < -0.4 is 10.5 Å². The quantitative estimate of drug-likeness (QED) is 0.429. The molecule has 4 nitrogen and oxygen atoms in total. The standard InChI is InChI=1S/C23H28BrFN2O2S.ClH/c1-2-3-8-29-21-19(24)13-30-22(21)23(28)27-16-5-6-17(27)11-15(10-16)18-9-14(12-26)4-7-20(18)25;/h4,7,9,13,15-17H,2-3,5-6,8,10-12,26H2,1H3;1H. The van der Waals surface area contributed by atoms with Crippen molar-refractivity contribution in [1.29, 1.82) is 0 Å². The number of unbranched alkanes of at least 4 members (excludes halogenated alkanes) is 1. The number of fused-ring (bicyclic) bond motifs is 2. The Hall–Kier alpha value is -1.15. The predicted octanol–water partition coefficient (Wildman–Crippen LogP) is 6.26. The van der Waals surface area contributed by atoms with E-state index in [0.717, 1.165) is 54.1 Å². The van der Waals surface area contributed by atoms with E-state index in [4.69, 9.17) is 10.5 Å². The van der Waals surface area contributed by atoms with Gasteiger partial charge in [-0.25, -0.2) is 4.39 Å². The Morgan fingerprint density at radius 2 is 2.03 bits per heavy atom. The highest BCUT2D eigenvalue weighted by Crippen LogP contribution is 2.46. The number of piperidine rings is 1. The van der Waals surface area contributed by atoms with Gasteiger partial charge >= 0.3 is 0 Å². The molecule has 31 heavy (non-hydrogen) atoms. The highest BCUT2D eigenvalue weighted by atomic mass is 79.9. The first-order valence-electron chi connectivity index (χ1n) is 10.7. The van der Waals surface area contributed by atoms with Gasteiger partial charge in [0.25, 0.3) is 5.91 Å². The second-order valence-corrected chi connectivity index (χ2v) is 10.0. The number of hydrogen-bond acceptors (Lipinski definition) is 4. The van der Waals surface area contributed by atoms with Crippen LogP contribution in [0.1, 0.15) is 72.2 Å². The molecule has 0 spiro atoms. The maximum Gasteiger partial charge on any atom is 0.268 e. The summed E-state index contributed by atoms with van der Waals surface area (Å²) >= 11 is 4.97. The maximum absolute atomic E-state index is 14.5. The molecule has 170 valence electrons. The molecule has 3 heterocycles. The number of ether oxygens (including phenoxy) is 1. The molecule has 2 aliphatic heterocycles. The average molecular weight is 532 g/mol. The van der Waals surface area contributed by atoms with Crippen molar-refractivity contribution < 1.29 is 13.9 Å². The minimum atomic E-state index is -0.162.